The second-order valence-corrected chi connectivity index (χ2v) is 7.63. The van der Waals surface area contributed by atoms with Gasteiger partial charge in [0.25, 0.3) is 0 Å². The van der Waals surface area contributed by atoms with Gasteiger partial charge in [-0.1, -0.05) is 35.4 Å². The van der Waals surface area contributed by atoms with Crippen LogP contribution in [0.15, 0.2) is 81.6 Å². The zero-order valence-electron chi connectivity index (χ0n) is 15.7. The summed E-state index contributed by atoms with van der Waals surface area (Å²) in [7, 11) is 0. The molecule has 6 aromatic rings. The van der Waals surface area contributed by atoms with Crippen molar-refractivity contribution < 1.29 is 8.83 Å². The van der Waals surface area contributed by atoms with Crippen molar-refractivity contribution in [2.75, 3.05) is 0 Å². The van der Waals surface area contributed by atoms with Crippen LogP contribution in [0.2, 0.25) is 0 Å². The van der Waals surface area contributed by atoms with Gasteiger partial charge in [-0.05, 0) is 73.5 Å². The molecular formula is C26H18O2. The summed E-state index contributed by atoms with van der Waals surface area (Å²) < 4.78 is 12.0. The number of fused-ring (bicyclic) bond motifs is 6. The third-order valence-corrected chi connectivity index (χ3v) is 5.58. The van der Waals surface area contributed by atoms with E-state index in [1.807, 2.05) is 0 Å². The zero-order valence-corrected chi connectivity index (χ0v) is 15.7. The summed E-state index contributed by atoms with van der Waals surface area (Å²) in [6.45, 7) is 4.23. The molecule has 0 fully saturated rings. The molecule has 2 nitrogen and oxygen atoms in total. The average molecular weight is 362 g/mol. The van der Waals surface area contributed by atoms with Crippen LogP contribution in [0.3, 0.4) is 0 Å². The van der Waals surface area contributed by atoms with Gasteiger partial charge in [0.15, 0.2) is 0 Å². The molecule has 0 aliphatic rings. The Morgan fingerprint density at radius 3 is 1.21 bits per heavy atom. The van der Waals surface area contributed by atoms with Crippen LogP contribution in [0.1, 0.15) is 11.1 Å². The van der Waals surface area contributed by atoms with E-state index in [1.54, 1.807) is 0 Å². The van der Waals surface area contributed by atoms with E-state index in [2.05, 4.69) is 86.6 Å². The molecule has 0 amide bonds. The summed E-state index contributed by atoms with van der Waals surface area (Å²) in [5.41, 5.74) is 8.56. The lowest BCUT2D eigenvalue weighted by Gasteiger charge is -2.02. The van der Waals surface area contributed by atoms with Crippen LogP contribution in [-0.2, 0) is 0 Å². The minimum Gasteiger partial charge on any atom is -0.456 e. The minimum atomic E-state index is 0.926. The van der Waals surface area contributed by atoms with Gasteiger partial charge in [-0.3, -0.25) is 0 Å². The summed E-state index contributed by atoms with van der Waals surface area (Å²) in [4.78, 5) is 0. The van der Waals surface area contributed by atoms with Gasteiger partial charge < -0.3 is 8.83 Å². The summed E-state index contributed by atoms with van der Waals surface area (Å²) in [6.07, 6.45) is 0. The smallest absolute Gasteiger partial charge is 0.135 e. The van der Waals surface area contributed by atoms with Crippen molar-refractivity contribution in [3.63, 3.8) is 0 Å². The van der Waals surface area contributed by atoms with E-state index in [1.165, 1.54) is 33.0 Å². The van der Waals surface area contributed by atoms with Crippen molar-refractivity contribution in [2.24, 2.45) is 0 Å². The fourth-order valence-electron chi connectivity index (χ4n) is 4.14. The van der Waals surface area contributed by atoms with Crippen molar-refractivity contribution in [1.82, 2.24) is 0 Å². The number of benzene rings is 4. The molecule has 0 atom stereocenters. The van der Waals surface area contributed by atoms with E-state index < -0.39 is 0 Å². The van der Waals surface area contributed by atoms with Crippen molar-refractivity contribution in [1.29, 1.82) is 0 Å². The Morgan fingerprint density at radius 1 is 0.429 bits per heavy atom. The Morgan fingerprint density at radius 2 is 0.786 bits per heavy atom. The van der Waals surface area contributed by atoms with E-state index in [9.17, 15) is 0 Å². The lowest BCUT2D eigenvalue weighted by molar-refractivity contribution is 0.668. The van der Waals surface area contributed by atoms with Crippen molar-refractivity contribution in [2.45, 2.75) is 13.8 Å². The van der Waals surface area contributed by atoms with Gasteiger partial charge in [0, 0.05) is 21.5 Å². The van der Waals surface area contributed by atoms with Crippen LogP contribution in [0, 0.1) is 13.8 Å². The highest BCUT2D eigenvalue weighted by Gasteiger charge is 2.11. The molecular weight excluding hydrogens is 344 g/mol. The van der Waals surface area contributed by atoms with E-state index in [0.29, 0.717) is 0 Å². The summed E-state index contributed by atoms with van der Waals surface area (Å²) >= 11 is 0. The van der Waals surface area contributed by atoms with Crippen molar-refractivity contribution in [3.8, 4) is 11.1 Å². The molecule has 2 heteroatoms. The summed E-state index contributed by atoms with van der Waals surface area (Å²) in [5.74, 6) is 0. The number of furan rings is 2. The largest absolute Gasteiger partial charge is 0.456 e. The zero-order chi connectivity index (χ0) is 18.8. The predicted octanol–water partition coefficient (Wildman–Crippen LogP) is 7.77. The molecule has 0 saturated carbocycles. The van der Waals surface area contributed by atoms with E-state index in [-0.39, 0.29) is 0 Å². The van der Waals surface area contributed by atoms with E-state index >= 15 is 0 Å². The van der Waals surface area contributed by atoms with Crippen LogP contribution >= 0.6 is 0 Å². The molecule has 6 rings (SSSR count). The highest BCUT2D eigenvalue weighted by atomic mass is 16.3. The standard InChI is InChI=1S/C26H18O2/c1-15-3-7-23-19(11-15)21-13-17(5-9-25(21)27-23)18-6-10-26-22(14-18)20-12-16(2)4-8-24(20)28-26/h3-14H,1-2H3. The maximum atomic E-state index is 6.01. The minimum absolute atomic E-state index is 0.926. The molecule has 0 unspecified atom stereocenters. The second kappa shape index (κ2) is 5.49. The molecule has 0 saturated heterocycles. The first-order valence-electron chi connectivity index (χ1n) is 9.52. The van der Waals surface area contributed by atoms with Crippen molar-refractivity contribution >= 4 is 43.9 Å². The van der Waals surface area contributed by atoms with Gasteiger partial charge in [0.2, 0.25) is 0 Å². The van der Waals surface area contributed by atoms with Crippen LogP contribution in [0.25, 0.3) is 55.0 Å². The number of rotatable bonds is 1. The third kappa shape index (κ3) is 2.21. The van der Waals surface area contributed by atoms with Crippen LogP contribution in [-0.4, -0.2) is 0 Å². The Kier molecular flexibility index (Phi) is 3.05. The molecule has 0 radical (unpaired) electrons. The first-order valence-corrected chi connectivity index (χ1v) is 9.52. The van der Waals surface area contributed by atoms with Gasteiger partial charge in [0.1, 0.15) is 22.3 Å². The lowest BCUT2D eigenvalue weighted by Crippen LogP contribution is -1.78. The van der Waals surface area contributed by atoms with E-state index in [0.717, 1.165) is 33.1 Å². The quantitative estimate of drug-likeness (QED) is 0.299. The second-order valence-electron chi connectivity index (χ2n) is 7.63. The summed E-state index contributed by atoms with van der Waals surface area (Å²) in [5, 5.41) is 4.65. The molecule has 4 aromatic carbocycles. The lowest BCUT2D eigenvalue weighted by atomic mass is 10.00. The Labute approximate surface area is 162 Å². The first-order chi connectivity index (χ1) is 13.7. The monoisotopic (exact) mass is 362 g/mol. The van der Waals surface area contributed by atoms with Crippen molar-refractivity contribution in [3.05, 3.63) is 83.9 Å². The van der Waals surface area contributed by atoms with Gasteiger partial charge in [0.05, 0.1) is 0 Å². The number of hydrogen-bond donors (Lipinski definition) is 0. The Balaban J connectivity index is 1.60. The van der Waals surface area contributed by atoms with Gasteiger partial charge in [-0.2, -0.15) is 0 Å². The van der Waals surface area contributed by atoms with Gasteiger partial charge in [-0.15, -0.1) is 0 Å². The Hall–Kier alpha value is -3.52. The number of hydrogen-bond acceptors (Lipinski definition) is 2. The molecule has 2 heterocycles. The van der Waals surface area contributed by atoms with Crippen LogP contribution in [0.4, 0.5) is 0 Å². The fourth-order valence-corrected chi connectivity index (χ4v) is 4.14. The number of aryl methyl sites for hydroxylation is 2. The highest BCUT2D eigenvalue weighted by molar-refractivity contribution is 6.08. The van der Waals surface area contributed by atoms with Gasteiger partial charge >= 0.3 is 0 Å². The Bertz CT molecular complexity index is 1410. The highest BCUT2D eigenvalue weighted by Crippen LogP contribution is 2.36. The van der Waals surface area contributed by atoms with E-state index in [4.69, 9.17) is 8.83 Å². The third-order valence-electron chi connectivity index (χ3n) is 5.58. The fraction of sp³-hybridized carbons (Fsp3) is 0.0769. The molecule has 134 valence electrons. The topological polar surface area (TPSA) is 26.3 Å². The molecule has 0 aliphatic heterocycles. The molecule has 0 aliphatic carbocycles. The maximum absolute atomic E-state index is 6.01. The molecule has 2 aromatic heterocycles. The SMILES string of the molecule is Cc1ccc2oc3ccc(-c4ccc5oc6ccc(C)cc6c5c4)cc3c2c1. The first kappa shape index (κ1) is 15.5. The molecule has 0 bridgehead atoms. The van der Waals surface area contributed by atoms with Crippen LogP contribution < -0.4 is 0 Å². The molecule has 0 spiro atoms. The predicted molar refractivity (Wildman–Crippen MR) is 116 cm³/mol. The van der Waals surface area contributed by atoms with Crippen LogP contribution in [0.5, 0.6) is 0 Å². The maximum Gasteiger partial charge on any atom is 0.135 e. The molecule has 0 N–H and O–H groups in total. The van der Waals surface area contributed by atoms with Gasteiger partial charge in [-0.25, -0.2) is 0 Å². The summed E-state index contributed by atoms with van der Waals surface area (Å²) in [6, 6.07) is 25.5. The average Bonchev–Trinajstić information content (AvgIpc) is 3.24. The molecule has 28 heavy (non-hydrogen) atoms. The normalized spacial score (nSPS) is 11.9.